The molecule has 0 spiro atoms. The summed E-state index contributed by atoms with van der Waals surface area (Å²) >= 11 is 0. The molecule has 1 aromatic heterocycles. The summed E-state index contributed by atoms with van der Waals surface area (Å²) in [5.74, 6) is 0.868. The van der Waals surface area contributed by atoms with E-state index < -0.39 is 0 Å². The van der Waals surface area contributed by atoms with Crippen LogP contribution in [0.3, 0.4) is 0 Å². The molecule has 1 amide bonds. The lowest BCUT2D eigenvalue weighted by Gasteiger charge is -2.20. The SMILES string of the molecule is C=CCc1ccc(OCC(=O)NC(c2ccccc2)c2ccc3nc[nH]c3c2)c(OC)c1. The molecule has 0 aliphatic rings. The lowest BCUT2D eigenvalue weighted by Crippen LogP contribution is -2.33. The molecular formula is C26H25N3O3. The number of methoxy groups -OCH3 is 1. The summed E-state index contributed by atoms with van der Waals surface area (Å²) in [7, 11) is 1.58. The topological polar surface area (TPSA) is 76.2 Å². The van der Waals surface area contributed by atoms with Crippen LogP contribution in [0.4, 0.5) is 0 Å². The Bertz CT molecular complexity index is 1220. The van der Waals surface area contributed by atoms with E-state index in [9.17, 15) is 4.79 Å². The maximum absolute atomic E-state index is 12.8. The summed E-state index contributed by atoms with van der Waals surface area (Å²) in [5, 5.41) is 3.09. The lowest BCUT2D eigenvalue weighted by atomic mass is 9.98. The molecule has 0 fully saturated rings. The Hall–Kier alpha value is -4.06. The van der Waals surface area contributed by atoms with Crippen LogP contribution in [0.25, 0.3) is 11.0 Å². The molecule has 0 aliphatic heterocycles. The van der Waals surface area contributed by atoms with Crippen LogP contribution in [-0.2, 0) is 11.2 Å². The molecule has 1 unspecified atom stereocenters. The number of H-pyrrole nitrogens is 1. The van der Waals surface area contributed by atoms with Crippen LogP contribution in [0.2, 0.25) is 0 Å². The van der Waals surface area contributed by atoms with E-state index in [4.69, 9.17) is 9.47 Å². The number of aromatic nitrogens is 2. The number of ether oxygens (including phenoxy) is 2. The van der Waals surface area contributed by atoms with E-state index in [1.165, 1.54) is 0 Å². The van der Waals surface area contributed by atoms with Crippen LogP contribution in [0, 0.1) is 0 Å². The van der Waals surface area contributed by atoms with Crippen LogP contribution in [0.15, 0.2) is 85.7 Å². The molecule has 3 aromatic carbocycles. The molecule has 32 heavy (non-hydrogen) atoms. The predicted octanol–water partition coefficient (Wildman–Crippen LogP) is 4.58. The monoisotopic (exact) mass is 427 g/mol. The number of aromatic amines is 1. The van der Waals surface area contributed by atoms with Crippen molar-refractivity contribution in [2.75, 3.05) is 13.7 Å². The minimum Gasteiger partial charge on any atom is -0.493 e. The second kappa shape index (κ2) is 9.83. The number of benzene rings is 3. The molecule has 4 aromatic rings. The molecule has 162 valence electrons. The molecule has 0 bridgehead atoms. The third kappa shape index (κ3) is 4.81. The minimum atomic E-state index is -0.322. The van der Waals surface area contributed by atoms with Gasteiger partial charge in [-0.3, -0.25) is 4.79 Å². The van der Waals surface area contributed by atoms with Crippen LogP contribution in [-0.4, -0.2) is 29.6 Å². The Kier molecular flexibility index (Phi) is 6.51. The minimum absolute atomic E-state index is 0.132. The van der Waals surface area contributed by atoms with Gasteiger partial charge in [0.2, 0.25) is 0 Å². The zero-order valence-electron chi connectivity index (χ0n) is 17.9. The van der Waals surface area contributed by atoms with Crippen LogP contribution in [0.5, 0.6) is 11.5 Å². The third-order valence-electron chi connectivity index (χ3n) is 5.18. The summed E-state index contributed by atoms with van der Waals surface area (Å²) in [5.41, 5.74) is 4.78. The number of fused-ring (bicyclic) bond motifs is 1. The van der Waals surface area contributed by atoms with Gasteiger partial charge in [0.15, 0.2) is 18.1 Å². The van der Waals surface area contributed by atoms with Crippen LogP contribution < -0.4 is 14.8 Å². The van der Waals surface area contributed by atoms with E-state index in [0.29, 0.717) is 11.5 Å². The normalized spacial score (nSPS) is 11.7. The van der Waals surface area contributed by atoms with Gasteiger partial charge in [-0.05, 0) is 47.4 Å². The fourth-order valence-electron chi connectivity index (χ4n) is 3.61. The van der Waals surface area contributed by atoms with Crippen LogP contribution >= 0.6 is 0 Å². The second-order valence-electron chi connectivity index (χ2n) is 7.36. The first kappa shape index (κ1) is 21.2. The van der Waals surface area contributed by atoms with Crippen LogP contribution in [0.1, 0.15) is 22.7 Å². The van der Waals surface area contributed by atoms with Gasteiger partial charge in [0.1, 0.15) is 0 Å². The van der Waals surface area contributed by atoms with Crippen molar-refractivity contribution in [3.05, 3.63) is 102 Å². The van der Waals surface area contributed by atoms with E-state index in [0.717, 1.165) is 34.1 Å². The molecule has 6 nitrogen and oxygen atoms in total. The Balaban J connectivity index is 1.51. The number of imidazole rings is 1. The third-order valence-corrected chi connectivity index (χ3v) is 5.18. The van der Waals surface area contributed by atoms with Crippen molar-refractivity contribution in [3.8, 4) is 11.5 Å². The fraction of sp³-hybridized carbons (Fsp3) is 0.154. The summed E-state index contributed by atoms with van der Waals surface area (Å²) in [4.78, 5) is 20.2. The number of nitrogens with one attached hydrogen (secondary N) is 2. The zero-order chi connectivity index (χ0) is 22.3. The number of amides is 1. The van der Waals surface area contributed by atoms with Gasteiger partial charge in [-0.25, -0.2) is 4.98 Å². The zero-order valence-corrected chi connectivity index (χ0v) is 17.9. The van der Waals surface area contributed by atoms with Gasteiger partial charge in [-0.1, -0.05) is 48.5 Å². The quantitative estimate of drug-likeness (QED) is 0.383. The maximum atomic E-state index is 12.8. The number of hydrogen-bond donors (Lipinski definition) is 2. The number of nitrogens with zero attached hydrogens (tertiary/aromatic N) is 1. The van der Waals surface area contributed by atoms with Crippen molar-refractivity contribution in [1.82, 2.24) is 15.3 Å². The lowest BCUT2D eigenvalue weighted by molar-refractivity contribution is -0.123. The number of rotatable bonds is 9. The van der Waals surface area contributed by atoms with Gasteiger partial charge < -0.3 is 19.8 Å². The van der Waals surface area contributed by atoms with Crippen molar-refractivity contribution in [1.29, 1.82) is 0 Å². The molecule has 0 radical (unpaired) electrons. The molecule has 0 saturated carbocycles. The Morgan fingerprint density at radius 2 is 1.94 bits per heavy atom. The van der Waals surface area contributed by atoms with Gasteiger partial charge in [-0.2, -0.15) is 0 Å². The first-order chi connectivity index (χ1) is 15.7. The smallest absolute Gasteiger partial charge is 0.258 e. The summed E-state index contributed by atoms with van der Waals surface area (Å²) < 4.78 is 11.2. The summed E-state index contributed by atoms with van der Waals surface area (Å²) in [6.45, 7) is 3.62. The fourth-order valence-corrected chi connectivity index (χ4v) is 3.61. The Morgan fingerprint density at radius 3 is 2.72 bits per heavy atom. The molecular weight excluding hydrogens is 402 g/mol. The molecule has 0 saturated heterocycles. The van der Waals surface area contributed by atoms with E-state index in [1.54, 1.807) is 13.4 Å². The van der Waals surface area contributed by atoms with E-state index >= 15 is 0 Å². The Labute approximate surface area is 186 Å². The van der Waals surface area contributed by atoms with Crippen molar-refractivity contribution in [2.45, 2.75) is 12.5 Å². The average Bonchev–Trinajstić information content (AvgIpc) is 3.30. The Morgan fingerprint density at radius 1 is 1.09 bits per heavy atom. The molecule has 1 heterocycles. The number of hydrogen-bond acceptors (Lipinski definition) is 4. The molecule has 0 aliphatic carbocycles. The van der Waals surface area contributed by atoms with Gasteiger partial charge in [-0.15, -0.1) is 6.58 Å². The number of carbonyl (C=O) groups is 1. The van der Waals surface area contributed by atoms with Crippen molar-refractivity contribution in [3.63, 3.8) is 0 Å². The summed E-state index contributed by atoms with van der Waals surface area (Å²) in [6, 6.07) is 21.1. The van der Waals surface area contributed by atoms with Crippen molar-refractivity contribution in [2.24, 2.45) is 0 Å². The highest BCUT2D eigenvalue weighted by atomic mass is 16.5. The second-order valence-corrected chi connectivity index (χ2v) is 7.36. The average molecular weight is 428 g/mol. The molecule has 6 heteroatoms. The maximum Gasteiger partial charge on any atom is 0.258 e. The van der Waals surface area contributed by atoms with E-state index in [1.807, 2.05) is 72.8 Å². The molecule has 1 atom stereocenters. The molecule has 4 rings (SSSR count). The first-order valence-electron chi connectivity index (χ1n) is 10.4. The van der Waals surface area contributed by atoms with E-state index in [2.05, 4.69) is 21.9 Å². The highest BCUT2D eigenvalue weighted by Gasteiger charge is 2.18. The van der Waals surface area contributed by atoms with Gasteiger partial charge in [0.05, 0.1) is 30.5 Å². The predicted molar refractivity (Wildman–Crippen MR) is 125 cm³/mol. The van der Waals surface area contributed by atoms with Crippen molar-refractivity contribution < 1.29 is 14.3 Å². The first-order valence-corrected chi connectivity index (χ1v) is 10.4. The number of carbonyl (C=O) groups excluding carboxylic acids is 1. The highest BCUT2D eigenvalue weighted by Crippen LogP contribution is 2.29. The number of allylic oxidation sites excluding steroid dienone is 1. The standard InChI is InChI=1S/C26H25N3O3/c1-3-7-18-10-13-23(24(14-18)31-2)32-16-25(30)29-26(19-8-5-4-6-9-19)20-11-12-21-22(15-20)28-17-27-21/h3-6,8-15,17,26H,1,7,16H2,2H3,(H,27,28)(H,29,30). The van der Waals surface area contributed by atoms with Gasteiger partial charge in [0, 0.05) is 0 Å². The highest BCUT2D eigenvalue weighted by molar-refractivity contribution is 5.80. The summed E-state index contributed by atoms with van der Waals surface area (Å²) in [6.07, 6.45) is 4.22. The van der Waals surface area contributed by atoms with E-state index in [-0.39, 0.29) is 18.6 Å². The largest absolute Gasteiger partial charge is 0.493 e. The van der Waals surface area contributed by atoms with Gasteiger partial charge >= 0.3 is 0 Å². The van der Waals surface area contributed by atoms with Gasteiger partial charge in [0.25, 0.3) is 5.91 Å². The molecule has 2 N–H and O–H groups in total. The van der Waals surface area contributed by atoms with Crippen molar-refractivity contribution >= 4 is 16.9 Å².